The molecule has 3 heterocycles. The normalized spacial score (nSPS) is 13.6. The number of hydrogen-bond acceptors (Lipinski definition) is 4. The molecule has 0 amide bonds. The first-order valence-electron chi connectivity index (χ1n) is 22.1. The van der Waals surface area contributed by atoms with Gasteiger partial charge in [-0.3, -0.25) is 4.57 Å². The first-order valence-corrected chi connectivity index (χ1v) is 22.1. The van der Waals surface area contributed by atoms with Crippen molar-refractivity contribution in [2.45, 2.75) is 97.8 Å². The summed E-state index contributed by atoms with van der Waals surface area (Å²) in [7, 11) is 0. The fraction of sp³-hybridized carbons (Fsp3) is 0.281. The number of rotatable bonds is 7. The third kappa shape index (κ3) is 7.52. The summed E-state index contributed by atoms with van der Waals surface area (Å²) in [6.45, 7) is 25.8. The molecule has 0 bridgehead atoms. The summed E-state index contributed by atoms with van der Waals surface area (Å²) in [6.07, 6.45) is 1.95. The van der Waals surface area contributed by atoms with E-state index in [4.69, 9.17) is 9.72 Å². The van der Waals surface area contributed by atoms with Crippen molar-refractivity contribution in [3.8, 4) is 17.3 Å². The Labute approximate surface area is 368 Å². The van der Waals surface area contributed by atoms with E-state index in [1.54, 1.807) is 0 Å². The summed E-state index contributed by atoms with van der Waals surface area (Å²) in [4.78, 5) is 9.88. The van der Waals surface area contributed by atoms with Crippen LogP contribution in [0.25, 0.3) is 27.6 Å². The molecule has 0 saturated carbocycles. The summed E-state index contributed by atoms with van der Waals surface area (Å²) in [5.74, 6) is 2.44. The molecule has 0 N–H and O–H groups in total. The molecule has 0 aliphatic carbocycles. The molecule has 2 aromatic heterocycles. The van der Waals surface area contributed by atoms with Crippen molar-refractivity contribution in [1.29, 1.82) is 0 Å². The van der Waals surface area contributed by atoms with Crippen LogP contribution in [0, 0.1) is 0 Å². The monoisotopic (exact) mass is 816 g/mol. The lowest BCUT2D eigenvalue weighted by atomic mass is 9.78. The Balaban J connectivity index is 1.12. The van der Waals surface area contributed by atoms with Gasteiger partial charge in [0, 0.05) is 45.9 Å². The van der Waals surface area contributed by atoms with E-state index < -0.39 is 0 Å². The molecule has 0 fully saturated rings. The number of hydrogen-bond donors (Lipinski definition) is 0. The van der Waals surface area contributed by atoms with Crippen LogP contribution in [0.2, 0.25) is 0 Å². The van der Waals surface area contributed by atoms with E-state index in [0.29, 0.717) is 6.67 Å². The predicted octanol–water partition coefficient (Wildman–Crippen LogP) is 15.4. The minimum absolute atomic E-state index is 0.00617. The van der Waals surface area contributed by atoms with Crippen LogP contribution in [-0.4, -0.2) is 16.2 Å². The molecule has 0 spiro atoms. The lowest BCUT2D eigenvalue weighted by molar-refractivity contribution is 0.483. The lowest BCUT2D eigenvalue weighted by Crippen LogP contribution is -2.24. The van der Waals surface area contributed by atoms with Gasteiger partial charge in [0.05, 0.1) is 22.4 Å². The smallest absolute Gasteiger partial charge is 0.137 e. The zero-order valence-electron chi connectivity index (χ0n) is 38.3. The van der Waals surface area contributed by atoms with Crippen LogP contribution in [-0.2, 0) is 21.7 Å². The van der Waals surface area contributed by atoms with Gasteiger partial charge in [-0.15, -0.1) is 0 Å². The van der Waals surface area contributed by atoms with E-state index in [2.05, 4.69) is 236 Å². The van der Waals surface area contributed by atoms with Crippen LogP contribution in [0.4, 0.5) is 22.7 Å². The van der Waals surface area contributed by atoms with Crippen LogP contribution in [0.15, 0.2) is 152 Å². The Morgan fingerprint density at radius 1 is 0.435 bits per heavy atom. The van der Waals surface area contributed by atoms with Gasteiger partial charge in [0.2, 0.25) is 0 Å². The number of benzene rings is 6. The summed E-state index contributed by atoms with van der Waals surface area (Å²) in [5.41, 5.74) is 13.1. The zero-order chi connectivity index (χ0) is 43.8. The van der Waals surface area contributed by atoms with Crippen LogP contribution < -0.4 is 14.5 Å². The predicted molar refractivity (Wildman–Crippen MR) is 262 cm³/mol. The van der Waals surface area contributed by atoms with E-state index >= 15 is 0 Å². The molecule has 1 aliphatic rings. The number of ether oxygens (including phenoxy) is 1. The highest BCUT2D eigenvalue weighted by Crippen LogP contribution is 2.47. The topological polar surface area (TPSA) is 33.5 Å². The van der Waals surface area contributed by atoms with Crippen molar-refractivity contribution >= 4 is 44.6 Å². The average Bonchev–Trinajstić information content (AvgIpc) is 3.79. The van der Waals surface area contributed by atoms with Crippen LogP contribution in [0.5, 0.6) is 11.5 Å². The Hall–Kier alpha value is -6.33. The second-order valence-electron chi connectivity index (χ2n) is 20.7. The third-order valence-electron chi connectivity index (χ3n) is 12.9. The van der Waals surface area contributed by atoms with Gasteiger partial charge in [-0.1, -0.05) is 137 Å². The summed E-state index contributed by atoms with van der Waals surface area (Å²) < 4.78 is 9.15. The number of fused-ring (bicyclic) bond motifs is 4. The molecular weight excluding hydrogens is 757 g/mol. The average molecular weight is 817 g/mol. The van der Waals surface area contributed by atoms with Gasteiger partial charge in [-0.05, 0) is 117 Å². The van der Waals surface area contributed by atoms with Crippen molar-refractivity contribution in [2.75, 3.05) is 16.5 Å². The van der Waals surface area contributed by atoms with Crippen LogP contribution in [0.3, 0.4) is 0 Å². The van der Waals surface area contributed by atoms with Gasteiger partial charge in [-0.25, -0.2) is 4.98 Å². The minimum atomic E-state index is -0.214. The van der Waals surface area contributed by atoms with E-state index in [9.17, 15) is 0 Å². The summed E-state index contributed by atoms with van der Waals surface area (Å²) in [5, 5.41) is 2.37. The number of pyridine rings is 1. The van der Waals surface area contributed by atoms with Gasteiger partial charge in [0.15, 0.2) is 0 Å². The molecule has 8 aromatic rings. The van der Waals surface area contributed by atoms with E-state index in [-0.39, 0.29) is 21.7 Å². The van der Waals surface area contributed by atoms with Crippen molar-refractivity contribution in [3.05, 3.63) is 180 Å². The quantitative estimate of drug-likeness (QED) is 0.160. The molecule has 0 atom stereocenters. The van der Waals surface area contributed by atoms with Gasteiger partial charge in [0.25, 0.3) is 0 Å². The fourth-order valence-electron chi connectivity index (χ4n) is 8.89. The Morgan fingerprint density at radius 3 is 1.77 bits per heavy atom. The molecule has 0 radical (unpaired) electrons. The van der Waals surface area contributed by atoms with E-state index in [1.165, 1.54) is 55.7 Å². The Kier molecular flexibility index (Phi) is 9.89. The molecule has 5 nitrogen and oxygen atoms in total. The largest absolute Gasteiger partial charge is 0.457 e. The molecule has 6 aromatic carbocycles. The van der Waals surface area contributed by atoms with Crippen molar-refractivity contribution < 1.29 is 4.74 Å². The fourth-order valence-corrected chi connectivity index (χ4v) is 8.89. The molecule has 1 aliphatic heterocycles. The first-order chi connectivity index (χ1) is 29.4. The van der Waals surface area contributed by atoms with Crippen LogP contribution >= 0.6 is 0 Å². The standard InChI is InChI=1S/C57H60N4O/c1-54(2,3)39-19-15-20-43(31-39)59-37-60(52-33-41(56(7,8)9)24-28-50(52)59)44-21-16-22-45(35-44)62-46-25-26-47-48-32-40(55(4,5)6)23-27-49(48)61(51(47)36-46)53-34-42(29-30-58-53)57(10,11)38-17-13-12-14-18-38/h12-36H,37H2,1-11H3. The molecular formula is C57H60N4O. The highest BCUT2D eigenvalue weighted by Gasteiger charge is 2.31. The molecule has 9 rings (SSSR count). The van der Waals surface area contributed by atoms with Gasteiger partial charge >= 0.3 is 0 Å². The van der Waals surface area contributed by atoms with Crippen molar-refractivity contribution in [3.63, 3.8) is 0 Å². The molecule has 0 saturated heterocycles. The summed E-state index contributed by atoms with van der Waals surface area (Å²) in [6, 6.07) is 53.0. The maximum absolute atomic E-state index is 6.84. The Bertz CT molecular complexity index is 2950. The van der Waals surface area contributed by atoms with E-state index in [1.807, 2.05) is 6.20 Å². The molecule has 0 unspecified atom stereocenters. The van der Waals surface area contributed by atoms with Crippen molar-refractivity contribution in [2.24, 2.45) is 0 Å². The number of aromatic nitrogens is 2. The Morgan fingerprint density at radius 2 is 1.05 bits per heavy atom. The van der Waals surface area contributed by atoms with Crippen LogP contribution in [0.1, 0.15) is 104 Å². The van der Waals surface area contributed by atoms with Gasteiger partial charge in [-0.2, -0.15) is 0 Å². The highest BCUT2D eigenvalue weighted by molar-refractivity contribution is 6.10. The molecule has 5 heteroatoms. The SMILES string of the molecule is CC(C)(C)c1cccc(N2CN(c3cccc(Oc4ccc5c6cc(C(C)(C)C)ccc6n(-c6cc(C(C)(C)c7ccccc7)ccn6)c5c4)c3)c3cc(C(C)(C)C)ccc32)c1. The third-order valence-corrected chi connectivity index (χ3v) is 12.9. The number of nitrogens with zero attached hydrogens (tertiary/aromatic N) is 4. The number of anilines is 4. The van der Waals surface area contributed by atoms with Crippen molar-refractivity contribution in [1.82, 2.24) is 9.55 Å². The maximum Gasteiger partial charge on any atom is 0.137 e. The lowest BCUT2D eigenvalue weighted by Gasteiger charge is -2.26. The first kappa shape index (κ1) is 41.0. The molecule has 314 valence electrons. The summed E-state index contributed by atoms with van der Waals surface area (Å²) >= 11 is 0. The van der Waals surface area contributed by atoms with Gasteiger partial charge < -0.3 is 14.5 Å². The highest BCUT2D eigenvalue weighted by atomic mass is 16.5. The molecule has 62 heavy (non-hydrogen) atoms. The second kappa shape index (κ2) is 14.9. The van der Waals surface area contributed by atoms with E-state index in [0.717, 1.165) is 34.0 Å². The second-order valence-corrected chi connectivity index (χ2v) is 20.7. The maximum atomic E-state index is 6.84. The minimum Gasteiger partial charge on any atom is -0.457 e. The van der Waals surface area contributed by atoms with Gasteiger partial charge in [0.1, 0.15) is 24.0 Å². The zero-order valence-corrected chi connectivity index (χ0v) is 38.3.